The van der Waals surface area contributed by atoms with E-state index in [1.54, 1.807) is 48.8 Å². The van der Waals surface area contributed by atoms with Crippen molar-refractivity contribution in [1.29, 1.82) is 0 Å². The molecule has 0 spiro atoms. The molecule has 3 aromatic carbocycles. The van der Waals surface area contributed by atoms with Crippen molar-refractivity contribution in [3.63, 3.8) is 0 Å². The summed E-state index contributed by atoms with van der Waals surface area (Å²) in [5.74, 6) is 0.847. The van der Waals surface area contributed by atoms with E-state index in [0.717, 1.165) is 16.3 Å². The highest BCUT2D eigenvalue weighted by Crippen LogP contribution is 2.40. The molecule has 0 aliphatic carbocycles. The van der Waals surface area contributed by atoms with Crippen LogP contribution < -0.4 is 25.4 Å². The van der Waals surface area contributed by atoms with E-state index >= 15 is 0 Å². The maximum absolute atomic E-state index is 13.4. The predicted molar refractivity (Wildman–Crippen MR) is 186 cm³/mol. The first-order valence-corrected chi connectivity index (χ1v) is 15.8. The summed E-state index contributed by atoms with van der Waals surface area (Å²) in [5.41, 5.74) is 2.57. The third kappa shape index (κ3) is 7.64. The number of aromatic nitrogens is 2. The number of methoxy groups -OCH3 is 2. The van der Waals surface area contributed by atoms with Crippen LogP contribution >= 0.6 is 11.3 Å². The molecule has 0 atom stereocenters. The third-order valence-corrected chi connectivity index (χ3v) is 7.99. The van der Waals surface area contributed by atoms with Crippen molar-refractivity contribution in [2.45, 2.75) is 33.1 Å². The second-order valence-corrected chi connectivity index (χ2v) is 12.3. The van der Waals surface area contributed by atoms with Crippen LogP contribution in [0.4, 0.5) is 26.7 Å². The lowest BCUT2D eigenvalue weighted by molar-refractivity contribution is 0.0520. The second-order valence-electron chi connectivity index (χ2n) is 11.4. The number of pyridine rings is 1. The lowest BCUT2D eigenvalue weighted by Crippen LogP contribution is -2.22. The minimum atomic E-state index is -0.669. The van der Waals surface area contributed by atoms with Crippen LogP contribution in [0, 0.1) is 0 Å². The highest BCUT2D eigenvalue weighted by Gasteiger charge is 2.22. The maximum atomic E-state index is 13.4. The topological polar surface area (TPSA) is 150 Å². The monoisotopic (exact) mass is 669 g/mol. The standard InChI is InChI=1S/C35H35N5O7S/c1-7-46-32(41)28-19-48-31(37-28)27-18-21(14-15-36-27)47-29-13-12-24(22-10-8-9-11-23(22)29)38-33(42)39-25-16-20(35(2,3)4)17-26(30(25)44-5)40-34(43)45-6/h8-19H,7H2,1-6H3,(H,40,43)(H2,38,39,42). The number of nitrogens with one attached hydrogen (secondary N) is 3. The molecule has 0 saturated carbocycles. The Morgan fingerprint density at radius 1 is 0.875 bits per heavy atom. The Labute approximate surface area is 281 Å². The Bertz CT molecular complexity index is 1990. The van der Waals surface area contributed by atoms with Crippen molar-refractivity contribution in [3.05, 3.63) is 83.5 Å². The number of carbonyl (C=O) groups is 3. The number of nitrogens with zero attached hydrogens (tertiary/aromatic N) is 2. The number of fused-ring (bicyclic) bond motifs is 1. The van der Waals surface area contributed by atoms with Crippen LogP contribution in [-0.4, -0.2) is 48.9 Å². The predicted octanol–water partition coefficient (Wildman–Crippen LogP) is 8.46. The van der Waals surface area contributed by atoms with Crippen LogP contribution in [0.5, 0.6) is 17.2 Å². The molecule has 0 fully saturated rings. The van der Waals surface area contributed by atoms with Gasteiger partial charge in [-0.15, -0.1) is 11.3 Å². The van der Waals surface area contributed by atoms with E-state index in [9.17, 15) is 14.4 Å². The van der Waals surface area contributed by atoms with Gasteiger partial charge in [0.15, 0.2) is 11.4 Å². The Morgan fingerprint density at radius 2 is 1.58 bits per heavy atom. The van der Waals surface area contributed by atoms with Gasteiger partial charge in [0.05, 0.1) is 37.9 Å². The van der Waals surface area contributed by atoms with Crippen LogP contribution in [-0.2, 0) is 14.9 Å². The Hall–Kier alpha value is -5.69. The molecule has 0 aliphatic rings. The molecule has 0 aliphatic heterocycles. The van der Waals surface area contributed by atoms with E-state index in [4.69, 9.17) is 18.9 Å². The summed E-state index contributed by atoms with van der Waals surface area (Å²) in [6.45, 7) is 8.05. The van der Waals surface area contributed by atoms with Gasteiger partial charge in [-0.1, -0.05) is 45.0 Å². The summed E-state index contributed by atoms with van der Waals surface area (Å²) in [4.78, 5) is 46.3. The molecule has 3 amide bonds. The van der Waals surface area contributed by atoms with Gasteiger partial charge in [-0.25, -0.2) is 19.4 Å². The molecular weight excluding hydrogens is 634 g/mol. The summed E-state index contributed by atoms with van der Waals surface area (Å²) < 4.78 is 21.7. The van der Waals surface area contributed by atoms with Gasteiger partial charge in [0.1, 0.15) is 22.2 Å². The molecular formula is C35H35N5O7S. The van der Waals surface area contributed by atoms with Gasteiger partial charge in [-0.3, -0.25) is 10.3 Å². The smallest absolute Gasteiger partial charge is 0.411 e. The zero-order chi connectivity index (χ0) is 34.4. The molecule has 0 saturated heterocycles. The highest BCUT2D eigenvalue weighted by atomic mass is 32.1. The summed E-state index contributed by atoms with van der Waals surface area (Å²) >= 11 is 1.28. The van der Waals surface area contributed by atoms with Crippen LogP contribution in [0.2, 0.25) is 0 Å². The molecule has 248 valence electrons. The number of hydrogen-bond acceptors (Lipinski definition) is 10. The SMILES string of the molecule is CCOC(=O)c1csc(-c2cc(Oc3ccc(NC(=O)Nc4cc(C(C)(C)C)cc(NC(=O)OC)c4OC)c4ccccc34)ccn2)n1. The summed E-state index contributed by atoms with van der Waals surface area (Å²) in [6.07, 6.45) is 0.936. The van der Waals surface area contributed by atoms with Gasteiger partial charge >= 0.3 is 18.1 Å². The summed E-state index contributed by atoms with van der Waals surface area (Å²) in [7, 11) is 2.72. The number of carbonyl (C=O) groups excluding carboxylic acids is 3. The van der Waals surface area contributed by atoms with Crippen molar-refractivity contribution < 1.29 is 33.3 Å². The van der Waals surface area contributed by atoms with E-state index in [-0.39, 0.29) is 23.5 Å². The van der Waals surface area contributed by atoms with Crippen molar-refractivity contribution in [3.8, 4) is 28.0 Å². The summed E-state index contributed by atoms with van der Waals surface area (Å²) in [6, 6.07) is 17.6. The average molecular weight is 670 g/mol. The van der Waals surface area contributed by atoms with E-state index in [0.29, 0.717) is 39.3 Å². The van der Waals surface area contributed by atoms with Gasteiger partial charge in [0, 0.05) is 28.4 Å². The second kappa shape index (κ2) is 14.4. The van der Waals surface area contributed by atoms with Crippen LogP contribution in [0.3, 0.4) is 0 Å². The fourth-order valence-corrected chi connectivity index (χ4v) is 5.54. The molecule has 5 rings (SSSR count). The van der Waals surface area contributed by atoms with E-state index in [2.05, 4.69) is 25.9 Å². The molecule has 5 aromatic rings. The fraction of sp³-hybridized carbons (Fsp3) is 0.229. The van der Waals surface area contributed by atoms with Crippen molar-refractivity contribution in [2.75, 3.05) is 36.8 Å². The average Bonchev–Trinajstić information content (AvgIpc) is 3.56. The van der Waals surface area contributed by atoms with Crippen LogP contribution in [0.15, 0.2) is 72.2 Å². The third-order valence-electron chi connectivity index (χ3n) is 7.13. The first kappa shape index (κ1) is 33.7. The Morgan fingerprint density at radius 3 is 2.27 bits per heavy atom. The molecule has 0 unspecified atom stereocenters. The van der Waals surface area contributed by atoms with Gasteiger partial charge in [-0.2, -0.15) is 0 Å². The number of anilines is 3. The minimum Gasteiger partial charge on any atom is -0.492 e. The van der Waals surface area contributed by atoms with E-state index in [1.807, 2.05) is 51.1 Å². The number of esters is 1. The Balaban J connectivity index is 1.39. The first-order valence-electron chi connectivity index (χ1n) is 14.9. The Kier molecular flexibility index (Phi) is 10.1. The first-order chi connectivity index (χ1) is 23.0. The maximum Gasteiger partial charge on any atom is 0.411 e. The van der Waals surface area contributed by atoms with Gasteiger partial charge in [-0.05, 0) is 48.2 Å². The number of thiazole rings is 1. The van der Waals surface area contributed by atoms with Crippen molar-refractivity contribution in [2.24, 2.45) is 0 Å². The van der Waals surface area contributed by atoms with Crippen LogP contribution in [0.1, 0.15) is 43.7 Å². The number of urea groups is 1. The molecule has 2 aromatic heterocycles. The number of hydrogen-bond donors (Lipinski definition) is 3. The number of rotatable bonds is 9. The van der Waals surface area contributed by atoms with Gasteiger partial charge in [0.25, 0.3) is 0 Å². The van der Waals surface area contributed by atoms with Crippen LogP contribution in [0.25, 0.3) is 21.5 Å². The molecule has 2 heterocycles. The molecule has 0 bridgehead atoms. The largest absolute Gasteiger partial charge is 0.492 e. The highest BCUT2D eigenvalue weighted by molar-refractivity contribution is 7.13. The fourth-order valence-electron chi connectivity index (χ4n) is 4.78. The van der Waals surface area contributed by atoms with Gasteiger partial charge in [0.2, 0.25) is 0 Å². The number of ether oxygens (including phenoxy) is 4. The zero-order valence-electron chi connectivity index (χ0n) is 27.3. The number of benzene rings is 3. The number of amides is 3. The molecule has 48 heavy (non-hydrogen) atoms. The minimum absolute atomic E-state index is 0.224. The lowest BCUT2D eigenvalue weighted by Gasteiger charge is -2.24. The zero-order valence-corrected chi connectivity index (χ0v) is 28.1. The molecule has 13 heteroatoms. The lowest BCUT2D eigenvalue weighted by atomic mass is 9.86. The molecule has 3 N–H and O–H groups in total. The summed E-state index contributed by atoms with van der Waals surface area (Å²) in [5, 5.41) is 12.1. The van der Waals surface area contributed by atoms with E-state index in [1.165, 1.54) is 25.6 Å². The quantitative estimate of drug-likeness (QED) is 0.131. The van der Waals surface area contributed by atoms with Crippen molar-refractivity contribution >= 4 is 57.3 Å². The molecule has 12 nitrogen and oxygen atoms in total. The van der Waals surface area contributed by atoms with Gasteiger partial charge < -0.3 is 29.6 Å². The van der Waals surface area contributed by atoms with E-state index < -0.39 is 18.1 Å². The van der Waals surface area contributed by atoms with Crippen molar-refractivity contribution in [1.82, 2.24) is 9.97 Å². The normalized spacial score (nSPS) is 11.0. The molecule has 0 radical (unpaired) electrons.